The molecule has 7 heteroatoms. The Morgan fingerprint density at radius 1 is 1.32 bits per heavy atom. The number of rotatable bonds is 6. The molecule has 0 radical (unpaired) electrons. The third-order valence-corrected chi connectivity index (χ3v) is 4.46. The third kappa shape index (κ3) is 4.18. The molecule has 0 saturated carbocycles. The van der Waals surface area contributed by atoms with Gasteiger partial charge in [-0.15, -0.1) is 0 Å². The molecule has 1 aliphatic rings. The molecule has 1 unspecified atom stereocenters. The number of nitrogens with two attached hydrogens (primary N) is 1. The number of aromatic nitrogens is 2. The van der Waals surface area contributed by atoms with Gasteiger partial charge >= 0.3 is 0 Å². The average Bonchev–Trinajstić information content (AvgIpc) is 3.02. The van der Waals surface area contributed by atoms with Crippen molar-refractivity contribution in [1.29, 1.82) is 0 Å². The van der Waals surface area contributed by atoms with Crippen molar-refractivity contribution in [1.82, 2.24) is 9.97 Å². The van der Waals surface area contributed by atoms with Gasteiger partial charge in [0.05, 0.1) is 13.2 Å². The number of hydrogen-bond acceptors (Lipinski definition) is 7. The number of methoxy groups -OCH3 is 1. The Kier molecular flexibility index (Phi) is 5.35. The zero-order chi connectivity index (χ0) is 17.8. The zero-order valence-electron chi connectivity index (χ0n) is 14.6. The molecule has 0 aliphatic carbocycles. The van der Waals surface area contributed by atoms with Crippen molar-refractivity contribution in [2.24, 2.45) is 5.73 Å². The van der Waals surface area contributed by atoms with Crippen LogP contribution in [-0.4, -0.2) is 54.0 Å². The van der Waals surface area contributed by atoms with Gasteiger partial charge in [-0.2, -0.15) is 0 Å². The van der Waals surface area contributed by atoms with Crippen molar-refractivity contribution in [3.8, 4) is 5.75 Å². The van der Waals surface area contributed by atoms with Crippen LogP contribution in [0.15, 0.2) is 36.7 Å². The third-order valence-electron chi connectivity index (χ3n) is 4.46. The summed E-state index contributed by atoms with van der Waals surface area (Å²) < 4.78 is 5.22. The van der Waals surface area contributed by atoms with Gasteiger partial charge in [0.1, 0.15) is 23.7 Å². The van der Waals surface area contributed by atoms with Gasteiger partial charge in [0.25, 0.3) is 0 Å². The normalized spacial score (nSPS) is 21.2. The van der Waals surface area contributed by atoms with Crippen molar-refractivity contribution in [3.05, 3.63) is 42.2 Å². The van der Waals surface area contributed by atoms with Crippen molar-refractivity contribution in [2.75, 3.05) is 37.0 Å². The molecule has 7 nitrogen and oxygen atoms in total. The second-order valence-corrected chi connectivity index (χ2v) is 6.44. The van der Waals surface area contributed by atoms with E-state index in [1.807, 2.05) is 18.2 Å². The second kappa shape index (κ2) is 7.67. The lowest BCUT2D eigenvalue weighted by Crippen LogP contribution is -2.29. The highest BCUT2D eigenvalue weighted by Crippen LogP contribution is 2.30. The summed E-state index contributed by atoms with van der Waals surface area (Å²) in [5, 5.41) is 12.5. The number of ether oxygens (including phenoxy) is 1. The van der Waals surface area contributed by atoms with Crippen molar-refractivity contribution in [2.45, 2.75) is 25.0 Å². The summed E-state index contributed by atoms with van der Waals surface area (Å²) in [4.78, 5) is 10.7. The molecule has 25 heavy (non-hydrogen) atoms. The molecule has 1 aromatic heterocycles. The van der Waals surface area contributed by atoms with Crippen LogP contribution in [0.2, 0.25) is 0 Å². The van der Waals surface area contributed by atoms with Crippen molar-refractivity contribution >= 4 is 11.6 Å². The van der Waals surface area contributed by atoms with Gasteiger partial charge in [-0.25, -0.2) is 9.97 Å². The van der Waals surface area contributed by atoms with Crippen LogP contribution in [-0.2, 0) is 0 Å². The summed E-state index contributed by atoms with van der Waals surface area (Å²) >= 11 is 0. The summed E-state index contributed by atoms with van der Waals surface area (Å²) in [6.45, 7) is 3.72. The molecule has 1 fully saturated rings. The van der Waals surface area contributed by atoms with Crippen LogP contribution < -0.4 is 20.7 Å². The van der Waals surface area contributed by atoms with Crippen molar-refractivity contribution < 1.29 is 9.84 Å². The molecule has 1 aliphatic heterocycles. The summed E-state index contributed by atoms with van der Waals surface area (Å²) in [6.07, 6.45) is 1.10. The SMILES string of the molecule is COc1ccc([C@@H]2CN(c3cc(NCC(C)O)ncn3)C[C@H]2N)cc1. The van der Waals surface area contributed by atoms with Crippen LogP contribution in [0.1, 0.15) is 18.4 Å². The molecule has 134 valence electrons. The highest BCUT2D eigenvalue weighted by Gasteiger charge is 2.32. The Balaban J connectivity index is 1.71. The Morgan fingerprint density at radius 3 is 2.76 bits per heavy atom. The fourth-order valence-corrected chi connectivity index (χ4v) is 3.09. The molecule has 2 heterocycles. The smallest absolute Gasteiger partial charge is 0.134 e. The van der Waals surface area contributed by atoms with Crippen LogP contribution in [0.3, 0.4) is 0 Å². The van der Waals surface area contributed by atoms with Gasteiger partial charge < -0.3 is 25.8 Å². The van der Waals surface area contributed by atoms with Crippen molar-refractivity contribution in [3.63, 3.8) is 0 Å². The molecule has 4 N–H and O–H groups in total. The Hall–Kier alpha value is -2.38. The predicted molar refractivity (Wildman–Crippen MR) is 98.1 cm³/mol. The standard InChI is InChI=1S/C18H25N5O2/c1-12(24)8-20-17-7-18(22-11-21-17)23-9-15(16(19)10-23)13-3-5-14(25-2)6-4-13/h3-7,11-12,15-16,24H,8-10,19H2,1-2H3,(H,20,21,22)/t12?,15-,16+/m0/s1. The monoisotopic (exact) mass is 343 g/mol. The van der Waals surface area contributed by atoms with E-state index in [9.17, 15) is 5.11 Å². The number of nitrogens with zero attached hydrogens (tertiary/aromatic N) is 3. The lowest BCUT2D eigenvalue weighted by molar-refractivity contribution is 0.208. The minimum atomic E-state index is -0.432. The number of aliphatic hydroxyl groups is 1. The maximum atomic E-state index is 9.39. The number of aliphatic hydroxyl groups excluding tert-OH is 1. The maximum Gasteiger partial charge on any atom is 0.134 e. The van der Waals surface area contributed by atoms with Gasteiger partial charge in [-0.3, -0.25) is 0 Å². The lowest BCUT2D eigenvalue weighted by Gasteiger charge is -2.18. The van der Waals surface area contributed by atoms with Gasteiger partial charge in [0, 0.05) is 37.7 Å². The van der Waals surface area contributed by atoms with Crippen LogP contribution in [0.4, 0.5) is 11.6 Å². The van der Waals surface area contributed by atoms with E-state index in [1.165, 1.54) is 11.9 Å². The number of benzene rings is 1. The van der Waals surface area contributed by atoms with Crippen LogP contribution in [0, 0.1) is 0 Å². The zero-order valence-corrected chi connectivity index (χ0v) is 14.6. The van der Waals surface area contributed by atoms with Gasteiger partial charge in [0.2, 0.25) is 0 Å². The first-order valence-corrected chi connectivity index (χ1v) is 8.45. The first kappa shape index (κ1) is 17.4. The quantitative estimate of drug-likeness (QED) is 0.725. The van der Waals surface area contributed by atoms with E-state index in [-0.39, 0.29) is 12.0 Å². The molecular formula is C18H25N5O2. The molecular weight excluding hydrogens is 318 g/mol. The van der Waals surface area contributed by atoms with Gasteiger partial charge in [0.15, 0.2) is 0 Å². The minimum absolute atomic E-state index is 0.0391. The van der Waals surface area contributed by atoms with Crippen LogP contribution in [0.5, 0.6) is 5.75 Å². The highest BCUT2D eigenvalue weighted by atomic mass is 16.5. The van der Waals surface area contributed by atoms with Gasteiger partial charge in [-0.05, 0) is 24.6 Å². The van der Waals surface area contributed by atoms with E-state index >= 15 is 0 Å². The first-order chi connectivity index (χ1) is 12.1. The molecule has 1 aromatic carbocycles. The average molecular weight is 343 g/mol. The maximum absolute atomic E-state index is 9.39. The lowest BCUT2D eigenvalue weighted by atomic mass is 9.95. The van der Waals surface area contributed by atoms with Crippen LogP contribution >= 0.6 is 0 Å². The van der Waals surface area contributed by atoms with E-state index in [2.05, 4.69) is 32.3 Å². The summed E-state index contributed by atoms with van der Waals surface area (Å²) in [7, 11) is 1.66. The van der Waals surface area contributed by atoms with E-state index in [4.69, 9.17) is 10.5 Å². The summed E-state index contributed by atoms with van der Waals surface area (Å²) in [5.74, 6) is 2.63. The predicted octanol–water partition coefficient (Wildman–Crippen LogP) is 1.21. The fourth-order valence-electron chi connectivity index (χ4n) is 3.09. The Morgan fingerprint density at radius 2 is 2.08 bits per heavy atom. The molecule has 1 saturated heterocycles. The van der Waals surface area contributed by atoms with Gasteiger partial charge in [-0.1, -0.05) is 12.1 Å². The topological polar surface area (TPSA) is 96.5 Å². The molecule has 0 spiro atoms. The fraction of sp³-hybridized carbons (Fsp3) is 0.444. The number of anilines is 2. The minimum Gasteiger partial charge on any atom is -0.497 e. The van der Waals surface area contributed by atoms with E-state index in [1.54, 1.807) is 14.0 Å². The number of nitrogens with one attached hydrogen (secondary N) is 1. The van der Waals surface area contributed by atoms with E-state index < -0.39 is 6.10 Å². The molecule has 0 bridgehead atoms. The second-order valence-electron chi connectivity index (χ2n) is 6.44. The highest BCUT2D eigenvalue weighted by molar-refractivity contribution is 5.50. The first-order valence-electron chi connectivity index (χ1n) is 8.45. The molecule has 3 atom stereocenters. The molecule has 0 amide bonds. The summed E-state index contributed by atoms with van der Waals surface area (Å²) in [6, 6.07) is 10.0. The largest absolute Gasteiger partial charge is 0.497 e. The van der Waals surface area contributed by atoms with E-state index in [0.29, 0.717) is 12.4 Å². The van der Waals surface area contributed by atoms with E-state index in [0.717, 1.165) is 24.7 Å². The molecule has 3 rings (SSSR count). The Labute approximate surface area is 147 Å². The summed E-state index contributed by atoms with van der Waals surface area (Å²) in [5.41, 5.74) is 7.59. The molecule has 2 aromatic rings. The Bertz CT molecular complexity index is 692. The van der Waals surface area contributed by atoms with Crippen LogP contribution in [0.25, 0.3) is 0 Å². The number of hydrogen-bond donors (Lipinski definition) is 3.